The van der Waals surface area contributed by atoms with Gasteiger partial charge in [0.2, 0.25) is 11.8 Å². The van der Waals surface area contributed by atoms with Gasteiger partial charge in [-0.2, -0.15) is 0 Å². The predicted molar refractivity (Wildman–Crippen MR) is 82.9 cm³/mol. The molecule has 5 nitrogen and oxygen atoms in total. The van der Waals surface area contributed by atoms with Crippen LogP contribution in [0.4, 0.5) is 0 Å². The Bertz CT molecular complexity index is 366. The summed E-state index contributed by atoms with van der Waals surface area (Å²) in [6.07, 6.45) is 5.82. The molecule has 0 aromatic heterocycles. The standard InChI is InChI=1S/C16H29N3O2/c1-3-6-16(7-9-17-10-8-16)15(21)18-13(2)14(20)19-11-4-5-12-19/h13,17H,3-12H2,1-2H3,(H,18,21). The summed E-state index contributed by atoms with van der Waals surface area (Å²) in [6, 6.07) is -0.404. The molecule has 2 heterocycles. The molecule has 2 aliphatic heterocycles. The Morgan fingerprint density at radius 3 is 2.43 bits per heavy atom. The summed E-state index contributed by atoms with van der Waals surface area (Å²) in [4.78, 5) is 26.9. The second-order valence-corrected chi connectivity index (χ2v) is 6.51. The molecule has 2 N–H and O–H groups in total. The number of likely N-dealkylation sites (tertiary alicyclic amines) is 1. The van der Waals surface area contributed by atoms with Crippen molar-refractivity contribution in [3.63, 3.8) is 0 Å². The second-order valence-electron chi connectivity index (χ2n) is 6.51. The van der Waals surface area contributed by atoms with Crippen LogP contribution in [-0.4, -0.2) is 48.9 Å². The average Bonchev–Trinajstić information content (AvgIpc) is 3.01. The van der Waals surface area contributed by atoms with E-state index in [9.17, 15) is 9.59 Å². The highest BCUT2D eigenvalue weighted by Crippen LogP contribution is 2.34. The monoisotopic (exact) mass is 295 g/mol. The van der Waals surface area contributed by atoms with Crippen LogP contribution in [0, 0.1) is 5.41 Å². The van der Waals surface area contributed by atoms with Gasteiger partial charge in [0.15, 0.2) is 0 Å². The molecular formula is C16H29N3O2. The van der Waals surface area contributed by atoms with Gasteiger partial charge in [-0.1, -0.05) is 13.3 Å². The van der Waals surface area contributed by atoms with Crippen LogP contribution in [0.25, 0.3) is 0 Å². The van der Waals surface area contributed by atoms with E-state index in [1.54, 1.807) is 0 Å². The molecule has 0 radical (unpaired) electrons. The van der Waals surface area contributed by atoms with Crippen molar-refractivity contribution in [1.29, 1.82) is 0 Å². The highest BCUT2D eigenvalue weighted by Gasteiger charge is 2.39. The topological polar surface area (TPSA) is 61.4 Å². The Balaban J connectivity index is 1.95. The van der Waals surface area contributed by atoms with Crippen LogP contribution in [0.3, 0.4) is 0 Å². The van der Waals surface area contributed by atoms with Crippen LogP contribution in [0.1, 0.15) is 52.4 Å². The van der Waals surface area contributed by atoms with E-state index in [1.807, 2.05) is 11.8 Å². The summed E-state index contributed by atoms with van der Waals surface area (Å²) >= 11 is 0. The molecule has 1 unspecified atom stereocenters. The van der Waals surface area contributed by atoms with Gasteiger partial charge in [-0.15, -0.1) is 0 Å². The quantitative estimate of drug-likeness (QED) is 0.803. The van der Waals surface area contributed by atoms with E-state index in [0.717, 1.165) is 64.7 Å². The van der Waals surface area contributed by atoms with Crippen LogP contribution >= 0.6 is 0 Å². The largest absolute Gasteiger partial charge is 0.344 e. The minimum Gasteiger partial charge on any atom is -0.344 e. The Morgan fingerprint density at radius 2 is 1.86 bits per heavy atom. The van der Waals surface area contributed by atoms with Gasteiger partial charge in [-0.3, -0.25) is 9.59 Å². The van der Waals surface area contributed by atoms with E-state index in [4.69, 9.17) is 0 Å². The van der Waals surface area contributed by atoms with Crippen LogP contribution in [-0.2, 0) is 9.59 Å². The zero-order chi connectivity index (χ0) is 15.3. The summed E-state index contributed by atoms with van der Waals surface area (Å²) in [5.41, 5.74) is -0.278. The maximum Gasteiger partial charge on any atom is 0.244 e. The number of piperidine rings is 1. The number of hydrogen-bond acceptors (Lipinski definition) is 3. The number of rotatable bonds is 5. The molecule has 0 aliphatic carbocycles. The van der Waals surface area contributed by atoms with E-state index in [0.29, 0.717) is 0 Å². The summed E-state index contributed by atoms with van der Waals surface area (Å²) in [5, 5.41) is 6.31. The lowest BCUT2D eigenvalue weighted by Crippen LogP contribution is -2.53. The molecule has 0 aromatic rings. The fraction of sp³-hybridized carbons (Fsp3) is 0.875. The summed E-state index contributed by atoms with van der Waals surface area (Å²) in [6.45, 7) is 7.39. The first kappa shape index (κ1) is 16.3. The van der Waals surface area contributed by atoms with Gasteiger partial charge in [-0.05, 0) is 52.1 Å². The molecule has 2 amide bonds. The third-order valence-corrected chi connectivity index (χ3v) is 4.91. The van der Waals surface area contributed by atoms with Crippen molar-refractivity contribution in [2.24, 2.45) is 5.41 Å². The zero-order valence-corrected chi connectivity index (χ0v) is 13.4. The normalized spacial score (nSPS) is 22.9. The number of amides is 2. The van der Waals surface area contributed by atoms with E-state index >= 15 is 0 Å². The molecule has 2 rings (SSSR count). The number of hydrogen-bond donors (Lipinski definition) is 2. The number of nitrogens with zero attached hydrogens (tertiary/aromatic N) is 1. The van der Waals surface area contributed by atoms with Gasteiger partial charge in [0, 0.05) is 13.1 Å². The molecule has 21 heavy (non-hydrogen) atoms. The molecule has 0 aromatic carbocycles. The van der Waals surface area contributed by atoms with Crippen molar-refractivity contribution in [1.82, 2.24) is 15.5 Å². The summed E-state index contributed by atoms with van der Waals surface area (Å²) in [5.74, 6) is 0.146. The van der Waals surface area contributed by atoms with Crippen molar-refractivity contribution >= 4 is 11.8 Å². The number of carbonyl (C=O) groups is 2. The average molecular weight is 295 g/mol. The first-order valence-corrected chi connectivity index (χ1v) is 8.39. The van der Waals surface area contributed by atoms with Gasteiger partial charge in [0.25, 0.3) is 0 Å². The minimum absolute atomic E-state index is 0.0708. The molecule has 120 valence electrons. The molecule has 2 fully saturated rings. The van der Waals surface area contributed by atoms with Crippen molar-refractivity contribution in [3.8, 4) is 0 Å². The van der Waals surface area contributed by atoms with E-state index in [2.05, 4.69) is 17.6 Å². The van der Waals surface area contributed by atoms with Gasteiger partial charge >= 0.3 is 0 Å². The van der Waals surface area contributed by atoms with Gasteiger partial charge in [0.05, 0.1) is 5.41 Å². The lowest BCUT2D eigenvalue weighted by atomic mass is 9.74. The lowest BCUT2D eigenvalue weighted by molar-refractivity contribution is -0.139. The van der Waals surface area contributed by atoms with E-state index in [-0.39, 0.29) is 17.2 Å². The molecule has 2 aliphatic rings. The molecule has 0 spiro atoms. The fourth-order valence-electron chi connectivity index (χ4n) is 3.60. The Morgan fingerprint density at radius 1 is 1.24 bits per heavy atom. The van der Waals surface area contributed by atoms with Crippen molar-refractivity contribution in [3.05, 3.63) is 0 Å². The van der Waals surface area contributed by atoms with E-state index in [1.165, 1.54) is 0 Å². The van der Waals surface area contributed by atoms with Crippen LogP contribution < -0.4 is 10.6 Å². The summed E-state index contributed by atoms with van der Waals surface area (Å²) in [7, 11) is 0. The Labute approximate surface area is 127 Å². The molecule has 0 bridgehead atoms. The third kappa shape index (κ3) is 3.76. The number of nitrogens with one attached hydrogen (secondary N) is 2. The molecule has 2 saturated heterocycles. The smallest absolute Gasteiger partial charge is 0.244 e. The van der Waals surface area contributed by atoms with Crippen molar-refractivity contribution in [2.75, 3.05) is 26.2 Å². The highest BCUT2D eigenvalue weighted by molar-refractivity contribution is 5.90. The fourth-order valence-corrected chi connectivity index (χ4v) is 3.60. The predicted octanol–water partition coefficient (Wildman–Crippen LogP) is 1.28. The van der Waals surface area contributed by atoms with Crippen LogP contribution in [0.2, 0.25) is 0 Å². The number of carbonyl (C=O) groups excluding carboxylic acids is 2. The molecular weight excluding hydrogens is 266 g/mol. The molecule has 0 saturated carbocycles. The molecule has 5 heteroatoms. The minimum atomic E-state index is -0.404. The van der Waals surface area contributed by atoms with Gasteiger partial charge in [0.1, 0.15) is 6.04 Å². The van der Waals surface area contributed by atoms with Crippen LogP contribution in [0.5, 0.6) is 0 Å². The first-order chi connectivity index (χ1) is 10.1. The highest BCUT2D eigenvalue weighted by atomic mass is 16.2. The van der Waals surface area contributed by atoms with Gasteiger partial charge < -0.3 is 15.5 Å². The summed E-state index contributed by atoms with van der Waals surface area (Å²) < 4.78 is 0. The zero-order valence-electron chi connectivity index (χ0n) is 13.4. The molecule has 1 atom stereocenters. The van der Waals surface area contributed by atoms with Crippen LogP contribution in [0.15, 0.2) is 0 Å². The SMILES string of the molecule is CCCC1(C(=O)NC(C)C(=O)N2CCCC2)CCNCC1. The maximum absolute atomic E-state index is 12.7. The third-order valence-electron chi connectivity index (χ3n) is 4.91. The Hall–Kier alpha value is -1.10. The second kappa shape index (κ2) is 7.25. The maximum atomic E-state index is 12.7. The Kier molecular flexibility index (Phi) is 5.62. The van der Waals surface area contributed by atoms with Gasteiger partial charge in [-0.25, -0.2) is 0 Å². The first-order valence-electron chi connectivity index (χ1n) is 8.39. The van der Waals surface area contributed by atoms with Crippen molar-refractivity contribution in [2.45, 2.75) is 58.4 Å². The lowest BCUT2D eigenvalue weighted by Gasteiger charge is -2.37. The van der Waals surface area contributed by atoms with Crippen molar-refractivity contribution < 1.29 is 9.59 Å². The van der Waals surface area contributed by atoms with E-state index < -0.39 is 6.04 Å².